The van der Waals surface area contributed by atoms with Gasteiger partial charge in [-0.25, -0.2) is 4.39 Å². The zero-order chi connectivity index (χ0) is 20.3. The first-order valence-corrected chi connectivity index (χ1v) is 8.65. The molecule has 0 spiro atoms. The highest BCUT2D eigenvalue weighted by atomic mass is 19.1. The average Bonchev–Trinajstić information content (AvgIpc) is 2.94. The molecule has 1 N–H and O–H groups in total. The van der Waals surface area contributed by atoms with E-state index in [1.807, 2.05) is 30.3 Å². The molecule has 0 bridgehead atoms. The summed E-state index contributed by atoms with van der Waals surface area (Å²) in [6.07, 6.45) is 0. The van der Waals surface area contributed by atoms with Crippen molar-refractivity contribution in [3.05, 3.63) is 93.0 Å². The summed E-state index contributed by atoms with van der Waals surface area (Å²) in [5.41, 5.74) is 2.04. The SMILES string of the molecule is Cc1nn(CC(=O)NC(c2ccccc2)c2ccc(F)cc2)c(C)c1[N+](=O)[O-]. The Hall–Kier alpha value is -3.55. The van der Waals surface area contributed by atoms with E-state index in [9.17, 15) is 19.3 Å². The maximum Gasteiger partial charge on any atom is 0.312 e. The molecular formula is C20H19FN4O3. The second-order valence-electron chi connectivity index (χ2n) is 6.40. The summed E-state index contributed by atoms with van der Waals surface area (Å²) >= 11 is 0. The van der Waals surface area contributed by atoms with Crippen molar-refractivity contribution in [3.8, 4) is 0 Å². The Morgan fingerprint density at radius 3 is 2.32 bits per heavy atom. The van der Waals surface area contributed by atoms with E-state index in [0.29, 0.717) is 5.69 Å². The van der Waals surface area contributed by atoms with E-state index in [4.69, 9.17) is 0 Å². The first kappa shape index (κ1) is 19.2. The minimum Gasteiger partial charge on any atom is -0.344 e. The molecular weight excluding hydrogens is 363 g/mol. The summed E-state index contributed by atoms with van der Waals surface area (Å²) in [6.45, 7) is 2.93. The van der Waals surface area contributed by atoms with Crippen molar-refractivity contribution in [1.29, 1.82) is 0 Å². The Labute approximate surface area is 161 Å². The maximum atomic E-state index is 13.3. The van der Waals surface area contributed by atoms with Gasteiger partial charge in [-0.15, -0.1) is 0 Å². The van der Waals surface area contributed by atoms with Crippen LogP contribution in [0.5, 0.6) is 0 Å². The van der Waals surface area contributed by atoms with Crippen LogP contribution in [0.2, 0.25) is 0 Å². The Bertz CT molecular complexity index is 1000. The molecule has 1 aromatic heterocycles. The molecule has 0 fully saturated rings. The van der Waals surface area contributed by atoms with Gasteiger partial charge in [-0.05, 0) is 37.1 Å². The van der Waals surface area contributed by atoms with Crippen LogP contribution in [-0.4, -0.2) is 20.6 Å². The minimum absolute atomic E-state index is 0.0917. The summed E-state index contributed by atoms with van der Waals surface area (Å²) in [5.74, 6) is -0.726. The zero-order valence-corrected chi connectivity index (χ0v) is 15.4. The number of rotatable bonds is 6. The molecule has 0 radical (unpaired) electrons. The van der Waals surface area contributed by atoms with Gasteiger partial charge in [0.1, 0.15) is 23.7 Å². The Kier molecular flexibility index (Phi) is 5.49. The summed E-state index contributed by atoms with van der Waals surface area (Å²) in [5, 5.41) is 18.1. The molecule has 8 heteroatoms. The van der Waals surface area contributed by atoms with Gasteiger partial charge in [0.15, 0.2) is 0 Å². The van der Waals surface area contributed by atoms with E-state index in [0.717, 1.165) is 11.1 Å². The van der Waals surface area contributed by atoms with Crippen LogP contribution in [0.1, 0.15) is 28.6 Å². The van der Waals surface area contributed by atoms with Crippen LogP contribution in [0.4, 0.5) is 10.1 Å². The number of nitrogens with one attached hydrogen (secondary N) is 1. The monoisotopic (exact) mass is 382 g/mol. The van der Waals surface area contributed by atoms with Gasteiger partial charge < -0.3 is 5.32 Å². The van der Waals surface area contributed by atoms with Gasteiger partial charge in [0, 0.05) is 0 Å². The number of aromatic nitrogens is 2. The van der Waals surface area contributed by atoms with E-state index >= 15 is 0 Å². The highest BCUT2D eigenvalue weighted by Gasteiger charge is 2.24. The van der Waals surface area contributed by atoms with Crippen molar-refractivity contribution >= 4 is 11.6 Å². The summed E-state index contributed by atoms with van der Waals surface area (Å²) in [7, 11) is 0. The minimum atomic E-state index is -0.503. The van der Waals surface area contributed by atoms with E-state index in [-0.39, 0.29) is 29.7 Å². The second kappa shape index (κ2) is 7.99. The van der Waals surface area contributed by atoms with E-state index < -0.39 is 11.0 Å². The van der Waals surface area contributed by atoms with Crippen LogP contribution in [0.15, 0.2) is 54.6 Å². The molecule has 1 amide bonds. The standard InChI is InChI=1S/C20H19FN4O3/c1-13-20(25(27)28)14(2)24(23-13)12-18(26)22-19(15-6-4-3-5-7-15)16-8-10-17(21)11-9-16/h3-11,19H,12H2,1-2H3,(H,22,26). The zero-order valence-electron chi connectivity index (χ0n) is 15.4. The number of aryl methyl sites for hydroxylation is 1. The van der Waals surface area contributed by atoms with Crippen molar-refractivity contribution in [2.75, 3.05) is 0 Å². The fourth-order valence-corrected chi connectivity index (χ4v) is 3.11. The molecule has 1 unspecified atom stereocenters. The average molecular weight is 382 g/mol. The van der Waals surface area contributed by atoms with Crippen molar-refractivity contribution in [2.24, 2.45) is 0 Å². The molecule has 1 atom stereocenters. The lowest BCUT2D eigenvalue weighted by Gasteiger charge is -2.20. The predicted octanol–water partition coefficient (Wildman–Crippen LogP) is 3.45. The molecule has 0 saturated carbocycles. The smallest absolute Gasteiger partial charge is 0.312 e. The Morgan fingerprint density at radius 1 is 1.14 bits per heavy atom. The van der Waals surface area contributed by atoms with Crippen molar-refractivity contribution in [3.63, 3.8) is 0 Å². The highest BCUT2D eigenvalue weighted by Crippen LogP contribution is 2.24. The maximum absolute atomic E-state index is 13.3. The lowest BCUT2D eigenvalue weighted by molar-refractivity contribution is -0.386. The molecule has 0 aliphatic carbocycles. The number of hydrogen-bond acceptors (Lipinski definition) is 4. The third-order valence-corrected chi connectivity index (χ3v) is 4.46. The number of carbonyl (C=O) groups excluding carboxylic acids is 1. The molecule has 0 aliphatic rings. The summed E-state index contributed by atoms with van der Waals surface area (Å²) in [6, 6.07) is 14.7. The van der Waals surface area contributed by atoms with Crippen LogP contribution in [0.3, 0.4) is 0 Å². The highest BCUT2D eigenvalue weighted by molar-refractivity contribution is 5.77. The Balaban J connectivity index is 1.85. The first-order valence-electron chi connectivity index (χ1n) is 8.65. The molecule has 28 heavy (non-hydrogen) atoms. The van der Waals surface area contributed by atoms with Gasteiger partial charge in [0.05, 0.1) is 11.0 Å². The van der Waals surface area contributed by atoms with Gasteiger partial charge in [-0.3, -0.25) is 19.6 Å². The number of hydrogen-bond donors (Lipinski definition) is 1. The second-order valence-corrected chi connectivity index (χ2v) is 6.40. The normalized spacial score (nSPS) is 11.8. The number of nitrogens with zero attached hydrogens (tertiary/aromatic N) is 3. The molecule has 1 heterocycles. The van der Waals surface area contributed by atoms with Gasteiger partial charge in [0.2, 0.25) is 5.91 Å². The topological polar surface area (TPSA) is 90.1 Å². The van der Waals surface area contributed by atoms with Crippen molar-refractivity contribution in [1.82, 2.24) is 15.1 Å². The van der Waals surface area contributed by atoms with Crippen molar-refractivity contribution < 1.29 is 14.1 Å². The number of nitro groups is 1. The fourth-order valence-electron chi connectivity index (χ4n) is 3.11. The third-order valence-electron chi connectivity index (χ3n) is 4.46. The number of amides is 1. The molecule has 3 rings (SSSR count). The molecule has 0 aliphatic heterocycles. The van der Waals surface area contributed by atoms with Crippen LogP contribution in [-0.2, 0) is 11.3 Å². The van der Waals surface area contributed by atoms with E-state index in [2.05, 4.69) is 10.4 Å². The summed E-state index contributed by atoms with van der Waals surface area (Å²) in [4.78, 5) is 23.3. The van der Waals surface area contributed by atoms with Crippen LogP contribution >= 0.6 is 0 Å². The number of carbonyl (C=O) groups is 1. The molecule has 0 saturated heterocycles. The largest absolute Gasteiger partial charge is 0.344 e. The number of benzene rings is 2. The number of halogens is 1. The van der Waals surface area contributed by atoms with Gasteiger partial charge in [-0.1, -0.05) is 42.5 Å². The first-order chi connectivity index (χ1) is 13.4. The fraction of sp³-hybridized carbons (Fsp3) is 0.200. The van der Waals surface area contributed by atoms with E-state index in [1.165, 1.54) is 23.7 Å². The molecule has 3 aromatic rings. The van der Waals surface area contributed by atoms with Gasteiger partial charge in [0.25, 0.3) is 0 Å². The molecule has 7 nitrogen and oxygen atoms in total. The van der Waals surface area contributed by atoms with Crippen LogP contribution in [0.25, 0.3) is 0 Å². The predicted molar refractivity (Wildman–Crippen MR) is 101 cm³/mol. The lowest BCUT2D eigenvalue weighted by Crippen LogP contribution is -2.32. The molecule has 144 valence electrons. The summed E-state index contributed by atoms with van der Waals surface area (Å²) < 4.78 is 14.6. The lowest BCUT2D eigenvalue weighted by atomic mass is 9.98. The quantitative estimate of drug-likeness (QED) is 0.522. The van der Waals surface area contributed by atoms with Gasteiger partial charge in [-0.2, -0.15) is 5.10 Å². The van der Waals surface area contributed by atoms with Gasteiger partial charge >= 0.3 is 5.69 Å². The molecule has 2 aromatic carbocycles. The third kappa shape index (κ3) is 4.06. The van der Waals surface area contributed by atoms with Crippen molar-refractivity contribution in [2.45, 2.75) is 26.4 Å². The Morgan fingerprint density at radius 2 is 1.75 bits per heavy atom. The van der Waals surface area contributed by atoms with Crippen LogP contribution < -0.4 is 5.32 Å². The van der Waals surface area contributed by atoms with E-state index in [1.54, 1.807) is 19.1 Å². The van der Waals surface area contributed by atoms with Crippen LogP contribution in [0, 0.1) is 29.8 Å².